The molecule has 0 unspecified atom stereocenters. The summed E-state index contributed by atoms with van der Waals surface area (Å²) in [7, 11) is -4.25. The first kappa shape index (κ1) is 15.9. The third-order valence-electron chi connectivity index (χ3n) is 2.43. The first-order valence-electron chi connectivity index (χ1n) is 5.43. The van der Waals surface area contributed by atoms with Crippen LogP contribution < -0.4 is 4.18 Å². The molecule has 8 heteroatoms. The second-order valence-corrected chi connectivity index (χ2v) is 6.61. The van der Waals surface area contributed by atoms with Gasteiger partial charge in [-0.05, 0) is 24.3 Å². The van der Waals surface area contributed by atoms with E-state index >= 15 is 0 Å². The first-order chi connectivity index (χ1) is 9.85. The molecule has 0 spiro atoms. The van der Waals surface area contributed by atoms with E-state index in [-0.39, 0.29) is 31.3 Å². The molecular formula is C13H6Cl3NO3S. The van der Waals surface area contributed by atoms with Gasteiger partial charge in [-0.3, -0.25) is 0 Å². The lowest BCUT2D eigenvalue weighted by Gasteiger charge is -2.11. The lowest BCUT2D eigenvalue weighted by molar-refractivity contribution is 0.486. The zero-order valence-electron chi connectivity index (χ0n) is 10.2. The Labute approximate surface area is 136 Å². The van der Waals surface area contributed by atoms with Crippen LogP contribution in [0.15, 0.2) is 41.3 Å². The van der Waals surface area contributed by atoms with Gasteiger partial charge in [0.1, 0.15) is 11.0 Å². The summed E-state index contributed by atoms with van der Waals surface area (Å²) < 4.78 is 29.4. The van der Waals surface area contributed by atoms with Crippen molar-refractivity contribution in [3.63, 3.8) is 0 Å². The minimum Gasteiger partial charge on any atom is -0.376 e. The Balaban J connectivity index is 2.51. The fraction of sp³-hybridized carbons (Fsp3) is 0. The number of rotatable bonds is 3. The molecule has 2 rings (SSSR count). The van der Waals surface area contributed by atoms with Crippen molar-refractivity contribution < 1.29 is 12.6 Å². The van der Waals surface area contributed by atoms with Crippen LogP contribution >= 0.6 is 34.8 Å². The molecule has 0 atom stereocenters. The Kier molecular flexibility index (Phi) is 4.64. The van der Waals surface area contributed by atoms with Crippen molar-refractivity contribution in [1.82, 2.24) is 0 Å². The second-order valence-electron chi connectivity index (χ2n) is 3.84. The topological polar surface area (TPSA) is 67.2 Å². The Hall–Kier alpha value is -1.45. The highest BCUT2D eigenvalue weighted by Crippen LogP contribution is 2.37. The van der Waals surface area contributed by atoms with Crippen molar-refractivity contribution in [3.8, 4) is 11.8 Å². The van der Waals surface area contributed by atoms with Crippen LogP contribution in [0.4, 0.5) is 0 Å². The largest absolute Gasteiger partial charge is 0.376 e. The molecule has 0 aliphatic carbocycles. The molecule has 4 nitrogen and oxygen atoms in total. The molecule has 0 aliphatic rings. The molecule has 0 amide bonds. The monoisotopic (exact) mass is 361 g/mol. The molecule has 0 radical (unpaired) electrons. The summed E-state index contributed by atoms with van der Waals surface area (Å²) in [4.78, 5) is -0.269. The summed E-state index contributed by atoms with van der Waals surface area (Å²) in [6.45, 7) is 0. The minimum atomic E-state index is -4.25. The number of nitriles is 1. The van der Waals surface area contributed by atoms with Crippen molar-refractivity contribution in [2.24, 2.45) is 0 Å². The van der Waals surface area contributed by atoms with Crippen LogP contribution in [-0.4, -0.2) is 8.42 Å². The zero-order valence-corrected chi connectivity index (χ0v) is 13.3. The fourth-order valence-corrected chi connectivity index (χ4v) is 3.64. The van der Waals surface area contributed by atoms with Crippen LogP contribution in [-0.2, 0) is 10.1 Å². The van der Waals surface area contributed by atoms with Gasteiger partial charge in [0.15, 0.2) is 5.75 Å². The molecule has 0 fully saturated rings. The van der Waals surface area contributed by atoms with Crippen molar-refractivity contribution >= 4 is 44.9 Å². The summed E-state index contributed by atoms with van der Waals surface area (Å²) in [5.74, 6) is -0.240. The highest BCUT2D eigenvalue weighted by Gasteiger charge is 2.23. The highest BCUT2D eigenvalue weighted by molar-refractivity contribution is 7.87. The quantitative estimate of drug-likeness (QED) is 0.764. The van der Waals surface area contributed by atoms with Gasteiger partial charge in [-0.25, -0.2) is 0 Å². The standard InChI is InChI=1S/C13H6Cl3NO3S/c14-9-5-10(15)13(11(16)6-9)20-21(18,19)12-4-2-1-3-8(12)7-17/h1-6H. The number of benzene rings is 2. The number of hydrogen-bond acceptors (Lipinski definition) is 4. The first-order valence-corrected chi connectivity index (χ1v) is 7.97. The molecule has 2 aromatic carbocycles. The Morgan fingerprint density at radius 3 is 2.19 bits per heavy atom. The predicted octanol–water partition coefficient (Wildman–Crippen LogP) is 4.29. The van der Waals surface area contributed by atoms with Gasteiger partial charge in [0.05, 0.1) is 15.6 Å². The average Bonchev–Trinajstić information content (AvgIpc) is 2.43. The summed E-state index contributed by atoms with van der Waals surface area (Å²) in [5.41, 5.74) is -0.0429. The van der Waals surface area contributed by atoms with Crippen LogP contribution in [0.3, 0.4) is 0 Å². The van der Waals surface area contributed by atoms with E-state index in [1.54, 1.807) is 12.1 Å². The van der Waals surface area contributed by atoms with E-state index < -0.39 is 10.1 Å². The zero-order chi connectivity index (χ0) is 15.6. The van der Waals surface area contributed by atoms with Crippen molar-refractivity contribution in [1.29, 1.82) is 5.26 Å². The van der Waals surface area contributed by atoms with Crippen molar-refractivity contribution in [2.45, 2.75) is 4.90 Å². The number of halogens is 3. The average molecular weight is 363 g/mol. The van der Waals surface area contributed by atoms with E-state index in [0.717, 1.165) is 0 Å². The third kappa shape index (κ3) is 3.42. The van der Waals surface area contributed by atoms with Gasteiger partial charge in [0.25, 0.3) is 0 Å². The van der Waals surface area contributed by atoms with Gasteiger partial charge in [0.2, 0.25) is 0 Å². The Bertz CT molecular complexity index is 821. The highest BCUT2D eigenvalue weighted by atomic mass is 35.5. The van der Waals surface area contributed by atoms with Crippen molar-refractivity contribution in [3.05, 3.63) is 57.0 Å². The molecule has 0 saturated carbocycles. The summed E-state index contributed by atoms with van der Waals surface area (Å²) >= 11 is 17.5. The van der Waals surface area contributed by atoms with E-state index in [0.29, 0.717) is 0 Å². The fourth-order valence-electron chi connectivity index (χ4n) is 1.54. The lowest BCUT2D eigenvalue weighted by Crippen LogP contribution is -2.12. The molecule has 0 N–H and O–H groups in total. The molecule has 21 heavy (non-hydrogen) atoms. The third-order valence-corrected chi connectivity index (χ3v) is 4.49. The Morgan fingerprint density at radius 2 is 1.62 bits per heavy atom. The van der Waals surface area contributed by atoms with E-state index in [9.17, 15) is 8.42 Å². The van der Waals surface area contributed by atoms with Gasteiger partial charge < -0.3 is 4.18 Å². The maximum atomic E-state index is 12.2. The van der Waals surface area contributed by atoms with Gasteiger partial charge in [-0.2, -0.15) is 13.7 Å². The molecule has 0 aliphatic heterocycles. The van der Waals surface area contributed by atoms with Gasteiger partial charge in [-0.15, -0.1) is 0 Å². The normalized spacial score (nSPS) is 11.0. The Morgan fingerprint density at radius 1 is 1.05 bits per heavy atom. The predicted molar refractivity (Wildman–Crippen MR) is 80.4 cm³/mol. The lowest BCUT2D eigenvalue weighted by atomic mass is 10.2. The van der Waals surface area contributed by atoms with Crippen LogP contribution in [0.2, 0.25) is 15.1 Å². The molecule has 0 heterocycles. The minimum absolute atomic E-state index is 0.0429. The molecule has 2 aromatic rings. The second kappa shape index (κ2) is 6.12. The molecule has 108 valence electrons. The maximum absolute atomic E-state index is 12.2. The van der Waals surface area contributed by atoms with Gasteiger partial charge in [-0.1, -0.05) is 46.9 Å². The number of hydrogen-bond donors (Lipinski definition) is 0. The van der Waals surface area contributed by atoms with Gasteiger partial charge in [0, 0.05) is 5.02 Å². The van der Waals surface area contributed by atoms with Gasteiger partial charge >= 0.3 is 10.1 Å². The van der Waals surface area contributed by atoms with E-state index in [4.69, 9.17) is 44.2 Å². The van der Waals surface area contributed by atoms with Crippen LogP contribution in [0, 0.1) is 11.3 Å². The SMILES string of the molecule is N#Cc1ccccc1S(=O)(=O)Oc1c(Cl)cc(Cl)cc1Cl. The summed E-state index contributed by atoms with van der Waals surface area (Å²) in [6, 6.07) is 10.0. The molecule has 0 aromatic heterocycles. The van der Waals surface area contributed by atoms with Crippen LogP contribution in [0.1, 0.15) is 5.56 Å². The van der Waals surface area contributed by atoms with E-state index in [1.807, 2.05) is 0 Å². The van der Waals surface area contributed by atoms with Crippen molar-refractivity contribution in [2.75, 3.05) is 0 Å². The summed E-state index contributed by atoms with van der Waals surface area (Å²) in [5, 5.41) is 9.10. The summed E-state index contributed by atoms with van der Waals surface area (Å²) in [6.07, 6.45) is 0. The smallest absolute Gasteiger partial charge is 0.340 e. The molecule has 0 saturated heterocycles. The maximum Gasteiger partial charge on any atom is 0.340 e. The molecular weight excluding hydrogens is 357 g/mol. The van der Waals surface area contributed by atoms with E-state index in [2.05, 4.69) is 0 Å². The van der Waals surface area contributed by atoms with E-state index in [1.165, 1.54) is 30.3 Å². The molecule has 0 bridgehead atoms. The number of nitrogens with zero attached hydrogens (tertiary/aromatic N) is 1. The van der Waals surface area contributed by atoms with Crippen LogP contribution in [0.5, 0.6) is 5.75 Å². The van der Waals surface area contributed by atoms with Crippen LogP contribution in [0.25, 0.3) is 0 Å².